The molecule has 0 saturated carbocycles. The average molecular weight is 186 g/mol. The lowest BCUT2D eigenvalue weighted by Gasteiger charge is -1.99. The van der Waals surface area contributed by atoms with Crippen LogP contribution in [0.25, 0.3) is 0 Å². The van der Waals surface area contributed by atoms with Crippen LogP contribution in [-0.2, 0) is 11.8 Å². The van der Waals surface area contributed by atoms with Crippen molar-refractivity contribution < 1.29 is 9.90 Å². The van der Waals surface area contributed by atoms with Crippen molar-refractivity contribution >= 4 is 17.7 Å². The summed E-state index contributed by atoms with van der Waals surface area (Å²) in [5.74, 6) is -0.759. The number of aryl methyl sites for hydroxylation is 1. The Morgan fingerprint density at radius 2 is 2.50 bits per heavy atom. The molecule has 0 aliphatic carbocycles. The molecule has 1 rings (SSSR count). The zero-order valence-electron chi connectivity index (χ0n) is 6.94. The molecule has 0 bridgehead atoms. The zero-order chi connectivity index (χ0) is 9.14. The number of thioether (sulfide) groups is 1. The predicted octanol–water partition coefficient (Wildman–Crippen LogP) is 0.905. The molecule has 1 aromatic rings. The molecule has 0 aromatic carbocycles. The second kappa shape index (κ2) is 3.62. The van der Waals surface area contributed by atoms with E-state index in [1.54, 1.807) is 6.20 Å². The number of aromatic nitrogens is 2. The standard InChI is InChI=1S/C7H10N2O2S/c1-5-3-8-7(9(5)2)12-4-6(10)11/h3H,4H2,1-2H3,(H,10,11). The lowest BCUT2D eigenvalue weighted by molar-refractivity contribution is -0.133. The summed E-state index contributed by atoms with van der Waals surface area (Å²) in [6.45, 7) is 1.93. The molecule has 1 heterocycles. The minimum atomic E-state index is -0.819. The number of aliphatic carboxylic acids is 1. The first-order chi connectivity index (χ1) is 5.61. The first-order valence-electron chi connectivity index (χ1n) is 3.44. The van der Waals surface area contributed by atoms with E-state index in [0.717, 1.165) is 10.9 Å². The lowest BCUT2D eigenvalue weighted by atomic mass is 10.5. The van der Waals surface area contributed by atoms with Gasteiger partial charge >= 0.3 is 5.97 Å². The Morgan fingerprint density at radius 3 is 2.92 bits per heavy atom. The number of nitrogens with zero attached hydrogens (tertiary/aromatic N) is 2. The molecular formula is C7H10N2O2S. The van der Waals surface area contributed by atoms with Gasteiger partial charge in [0.15, 0.2) is 5.16 Å². The summed E-state index contributed by atoms with van der Waals surface area (Å²) in [6, 6.07) is 0. The van der Waals surface area contributed by atoms with E-state index < -0.39 is 5.97 Å². The van der Waals surface area contributed by atoms with Crippen LogP contribution in [0.15, 0.2) is 11.4 Å². The molecule has 5 heteroatoms. The van der Waals surface area contributed by atoms with Gasteiger partial charge in [0, 0.05) is 18.9 Å². The van der Waals surface area contributed by atoms with Gasteiger partial charge in [0.1, 0.15) is 0 Å². The van der Waals surface area contributed by atoms with Crippen molar-refractivity contribution in [1.29, 1.82) is 0 Å². The molecule has 0 radical (unpaired) electrons. The quantitative estimate of drug-likeness (QED) is 0.713. The topological polar surface area (TPSA) is 55.1 Å². The van der Waals surface area contributed by atoms with Crippen molar-refractivity contribution in [3.8, 4) is 0 Å². The number of imidazole rings is 1. The number of carboxylic acids is 1. The number of carboxylic acid groups (broad SMARTS) is 1. The van der Waals surface area contributed by atoms with E-state index in [2.05, 4.69) is 4.98 Å². The zero-order valence-corrected chi connectivity index (χ0v) is 7.76. The summed E-state index contributed by atoms with van der Waals surface area (Å²) in [7, 11) is 1.87. The highest BCUT2D eigenvalue weighted by atomic mass is 32.2. The highest BCUT2D eigenvalue weighted by molar-refractivity contribution is 7.99. The van der Waals surface area contributed by atoms with Gasteiger partial charge in [-0.1, -0.05) is 11.8 Å². The van der Waals surface area contributed by atoms with Gasteiger partial charge in [0.25, 0.3) is 0 Å². The van der Waals surface area contributed by atoms with E-state index in [1.165, 1.54) is 11.8 Å². The molecule has 0 amide bonds. The summed E-state index contributed by atoms with van der Waals surface area (Å²) in [5, 5.41) is 9.16. The van der Waals surface area contributed by atoms with Gasteiger partial charge in [-0.05, 0) is 6.92 Å². The third kappa shape index (κ3) is 2.01. The molecule has 4 nitrogen and oxygen atoms in total. The van der Waals surface area contributed by atoms with Crippen LogP contribution in [0.4, 0.5) is 0 Å². The fourth-order valence-corrected chi connectivity index (χ4v) is 1.45. The Hall–Kier alpha value is -0.970. The maximum Gasteiger partial charge on any atom is 0.313 e. The Kier molecular flexibility index (Phi) is 2.75. The van der Waals surface area contributed by atoms with Gasteiger partial charge in [-0.3, -0.25) is 4.79 Å². The molecule has 0 spiro atoms. The molecule has 0 atom stereocenters. The summed E-state index contributed by atoms with van der Waals surface area (Å²) in [6.07, 6.45) is 1.73. The number of rotatable bonds is 3. The maximum absolute atomic E-state index is 10.2. The van der Waals surface area contributed by atoms with Crippen LogP contribution in [-0.4, -0.2) is 26.4 Å². The van der Waals surface area contributed by atoms with Crippen molar-refractivity contribution in [2.24, 2.45) is 7.05 Å². The fraction of sp³-hybridized carbons (Fsp3) is 0.429. The molecule has 12 heavy (non-hydrogen) atoms. The number of hydrogen-bond acceptors (Lipinski definition) is 3. The normalized spacial score (nSPS) is 10.2. The number of carbonyl (C=O) groups is 1. The van der Waals surface area contributed by atoms with Gasteiger partial charge in [0.2, 0.25) is 0 Å². The van der Waals surface area contributed by atoms with Gasteiger partial charge in [-0.25, -0.2) is 4.98 Å². The number of hydrogen-bond donors (Lipinski definition) is 1. The second-order valence-electron chi connectivity index (χ2n) is 2.42. The molecule has 1 aromatic heterocycles. The van der Waals surface area contributed by atoms with Gasteiger partial charge in [0.05, 0.1) is 5.75 Å². The minimum absolute atomic E-state index is 0.0598. The van der Waals surface area contributed by atoms with E-state index in [4.69, 9.17) is 5.11 Å². The summed E-state index contributed by atoms with van der Waals surface area (Å²) >= 11 is 1.23. The summed E-state index contributed by atoms with van der Waals surface area (Å²) in [5.41, 5.74) is 1.03. The van der Waals surface area contributed by atoms with Crippen LogP contribution in [0.5, 0.6) is 0 Å². The van der Waals surface area contributed by atoms with Crippen molar-refractivity contribution in [1.82, 2.24) is 9.55 Å². The fourth-order valence-electron chi connectivity index (χ4n) is 0.733. The minimum Gasteiger partial charge on any atom is -0.481 e. The molecule has 0 aliphatic rings. The Bertz CT molecular complexity index is 296. The van der Waals surface area contributed by atoms with Crippen LogP contribution in [0.2, 0.25) is 0 Å². The first-order valence-corrected chi connectivity index (χ1v) is 4.42. The molecule has 0 saturated heterocycles. The molecular weight excluding hydrogens is 176 g/mol. The van der Waals surface area contributed by atoms with Crippen LogP contribution in [0, 0.1) is 6.92 Å². The van der Waals surface area contributed by atoms with Gasteiger partial charge in [-0.15, -0.1) is 0 Å². The van der Waals surface area contributed by atoms with E-state index in [-0.39, 0.29) is 5.75 Å². The van der Waals surface area contributed by atoms with E-state index in [9.17, 15) is 4.79 Å². The average Bonchev–Trinajstić information content (AvgIpc) is 2.30. The lowest BCUT2D eigenvalue weighted by Crippen LogP contribution is -2.00. The van der Waals surface area contributed by atoms with Gasteiger partial charge in [-0.2, -0.15) is 0 Å². The molecule has 0 aliphatic heterocycles. The SMILES string of the molecule is Cc1cnc(SCC(=O)O)n1C. The van der Waals surface area contributed by atoms with Crippen LogP contribution in [0.1, 0.15) is 5.69 Å². The van der Waals surface area contributed by atoms with E-state index >= 15 is 0 Å². The van der Waals surface area contributed by atoms with Crippen LogP contribution in [0.3, 0.4) is 0 Å². The molecule has 1 N–H and O–H groups in total. The van der Waals surface area contributed by atoms with E-state index in [1.807, 2.05) is 18.5 Å². The monoisotopic (exact) mass is 186 g/mol. The Morgan fingerprint density at radius 1 is 1.83 bits per heavy atom. The van der Waals surface area contributed by atoms with Crippen LogP contribution >= 0.6 is 11.8 Å². The maximum atomic E-state index is 10.2. The van der Waals surface area contributed by atoms with Crippen molar-refractivity contribution in [2.75, 3.05) is 5.75 Å². The van der Waals surface area contributed by atoms with Gasteiger partial charge < -0.3 is 9.67 Å². The van der Waals surface area contributed by atoms with Crippen molar-refractivity contribution in [2.45, 2.75) is 12.1 Å². The van der Waals surface area contributed by atoms with Crippen molar-refractivity contribution in [3.05, 3.63) is 11.9 Å². The second-order valence-corrected chi connectivity index (χ2v) is 3.37. The summed E-state index contributed by atoms with van der Waals surface area (Å²) < 4.78 is 1.87. The smallest absolute Gasteiger partial charge is 0.313 e. The summed E-state index contributed by atoms with van der Waals surface area (Å²) in [4.78, 5) is 14.3. The molecule has 0 unspecified atom stereocenters. The van der Waals surface area contributed by atoms with Crippen LogP contribution < -0.4 is 0 Å². The Labute approximate surface area is 74.6 Å². The highest BCUT2D eigenvalue weighted by Gasteiger charge is 2.05. The van der Waals surface area contributed by atoms with E-state index in [0.29, 0.717) is 0 Å². The third-order valence-corrected chi connectivity index (χ3v) is 2.53. The third-order valence-electron chi connectivity index (χ3n) is 1.50. The predicted molar refractivity (Wildman–Crippen MR) is 46.3 cm³/mol. The van der Waals surface area contributed by atoms with Crippen molar-refractivity contribution in [3.63, 3.8) is 0 Å². The first kappa shape index (κ1) is 9.12. The largest absolute Gasteiger partial charge is 0.481 e. The molecule has 66 valence electrons. The Balaban J connectivity index is 2.63. The highest BCUT2D eigenvalue weighted by Crippen LogP contribution is 2.15. The molecule has 0 fully saturated rings.